The van der Waals surface area contributed by atoms with E-state index in [1.807, 2.05) is 13.8 Å². The number of alkyl halides is 4. The van der Waals surface area contributed by atoms with Crippen LogP contribution in [0.3, 0.4) is 0 Å². The molecular weight excluding hydrogens is 415 g/mol. The quantitative estimate of drug-likeness (QED) is 0.653. The van der Waals surface area contributed by atoms with Gasteiger partial charge < -0.3 is 5.32 Å². The van der Waals surface area contributed by atoms with Crippen LogP contribution in [0.15, 0.2) is 22.7 Å². The number of carbonyl (C=O) groups is 1. The van der Waals surface area contributed by atoms with E-state index in [0.29, 0.717) is 6.54 Å². The van der Waals surface area contributed by atoms with Crippen molar-refractivity contribution in [2.45, 2.75) is 26.4 Å². The van der Waals surface area contributed by atoms with Crippen LogP contribution in [0.2, 0.25) is 0 Å². The van der Waals surface area contributed by atoms with Gasteiger partial charge in [0.25, 0.3) is 5.91 Å². The van der Waals surface area contributed by atoms with Gasteiger partial charge in [0, 0.05) is 21.9 Å². The van der Waals surface area contributed by atoms with Crippen molar-refractivity contribution in [2.75, 3.05) is 11.9 Å². The van der Waals surface area contributed by atoms with Gasteiger partial charge in [-0.3, -0.25) is 4.79 Å². The maximum Gasteiger partial charge on any atom is 0.417 e. The summed E-state index contributed by atoms with van der Waals surface area (Å²) in [6.07, 6.45) is -3.65. The lowest BCUT2D eigenvalue weighted by Crippen LogP contribution is -2.34. The van der Waals surface area contributed by atoms with E-state index in [9.17, 15) is 18.0 Å². The molecule has 0 fully saturated rings. The number of benzene rings is 1. The molecule has 0 aromatic heterocycles. The minimum absolute atomic E-state index is 0.000155. The summed E-state index contributed by atoms with van der Waals surface area (Å²) in [7, 11) is 0. The van der Waals surface area contributed by atoms with Crippen LogP contribution >= 0.6 is 31.9 Å². The topological polar surface area (TPSA) is 29.1 Å². The molecule has 0 saturated carbocycles. The first-order valence-electron chi connectivity index (χ1n) is 6.28. The summed E-state index contributed by atoms with van der Waals surface area (Å²) in [5, 5.41) is 3.48. The van der Waals surface area contributed by atoms with E-state index in [1.54, 1.807) is 0 Å². The number of hydrogen-bond donors (Lipinski definition) is 1. The first kappa shape index (κ1) is 18.5. The highest BCUT2D eigenvalue weighted by atomic mass is 79.9. The van der Waals surface area contributed by atoms with Gasteiger partial charge in [0.1, 0.15) is 0 Å². The van der Waals surface area contributed by atoms with E-state index < -0.39 is 17.6 Å². The Bertz CT molecular complexity index is 515. The number of amides is 1. The first-order chi connectivity index (χ1) is 9.57. The van der Waals surface area contributed by atoms with Gasteiger partial charge in [-0.05, 0) is 30.0 Å². The summed E-state index contributed by atoms with van der Waals surface area (Å²) >= 11 is 6.18. The van der Waals surface area contributed by atoms with Crippen LogP contribution in [0.5, 0.6) is 0 Å². The molecule has 1 aromatic carbocycles. The van der Waals surface area contributed by atoms with Crippen LogP contribution in [0.25, 0.3) is 0 Å². The third-order valence-corrected chi connectivity index (χ3v) is 4.12. The van der Waals surface area contributed by atoms with Gasteiger partial charge in [0.15, 0.2) is 0 Å². The van der Waals surface area contributed by atoms with Gasteiger partial charge in [0.05, 0.1) is 5.56 Å². The van der Waals surface area contributed by atoms with Crippen LogP contribution in [0.4, 0.5) is 13.2 Å². The van der Waals surface area contributed by atoms with Gasteiger partial charge in [-0.2, -0.15) is 13.2 Å². The Balaban J connectivity index is 2.85. The minimum Gasteiger partial charge on any atom is -0.352 e. The molecule has 2 nitrogen and oxygen atoms in total. The average Bonchev–Trinajstić information content (AvgIpc) is 2.35. The lowest BCUT2D eigenvalue weighted by molar-refractivity contribution is -0.138. The van der Waals surface area contributed by atoms with Crippen molar-refractivity contribution >= 4 is 37.8 Å². The monoisotopic (exact) mass is 429 g/mol. The number of carbonyl (C=O) groups excluding carboxylic acids is 1. The fraction of sp³-hybridized carbons (Fsp3) is 0.500. The molecule has 7 heteroatoms. The highest BCUT2D eigenvalue weighted by Crippen LogP contribution is 2.35. The molecule has 0 unspecified atom stereocenters. The number of rotatable bonds is 5. The molecular formula is C14H16Br2F3NO. The highest BCUT2D eigenvalue weighted by molar-refractivity contribution is 9.10. The van der Waals surface area contributed by atoms with Gasteiger partial charge >= 0.3 is 6.18 Å². The van der Waals surface area contributed by atoms with E-state index in [-0.39, 0.29) is 15.5 Å². The molecule has 21 heavy (non-hydrogen) atoms. The largest absolute Gasteiger partial charge is 0.417 e. The zero-order valence-corrected chi connectivity index (χ0v) is 14.8. The maximum atomic E-state index is 12.8. The summed E-state index contributed by atoms with van der Waals surface area (Å²) < 4.78 is 38.3. The normalized spacial score (nSPS) is 12.3. The lowest BCUT2D eigenvalue weighted by Gasteiger charge is -2.24. The molecule has 0 atom stereocenters. The smallest absolute Gasteiger partial charge is 0.352 e. The predicted molar refractivity (Wildman–Crippen MR) is 83.7 cm³/mol. The third kappa shape index (κ3) is 5.62. The fourth-order valence-corrected chi connectivity index (χ4v) is 3.19. The maximum absolute atomic E-state index is 12.8. The molecule has 1 rings (SSSR count). The van der Waals surface area contributed by atoms with E-state index in [1.165, 1.54) is 12.1 Å². The Morgan fingerprint density at radius 2 is 1.90 bits per heavy atom. The van der Waals surface area contributed by atoms with E-state index >= 15 is 0 Å². The van der Waals surface area contributed by atoms with E-state index in [2.05, 4.69) is 37.2 Å². The average molecular weight is 431 g/mol. The van der Waals surface area contributed by atoms with Crippen molar-refractivity contribution in [3.8, 4) is 0 Å². The second kappa shape index (κ2) is 7.13. The van der Waals surface area contributed by atoms with Crippen LogP contribution in [0, 0.1) is 5.41 Å². The molecule has 0 radical (unpaired) electrons. The Labute approximate surface area is 138 Å². The van der Waals surface area contributed by atoms with Crippen molar-refractivity contribution in [3.63, 3.8) is 0 Å². The predicted octanol–water partition coefficient (Wildman–Crippen LogP) is 5.01. The molecule has 0 aliphatic heterocycles. The lowest BCUT2D eigenvalue weighted by atomic mass is 9.90. The number of halogens is 5. The molecule has 0 aliphatic rings. The molecule has 0 spiro atoms. The molecule has 0 bridgehead atoms. The second-order valence-corrected chi connectivity index (χ2v) is 7.13. The second-order valence-electron chi connectivity index (χ2n) is 5.48. The van der Waals surface area contributed by atoms with Crippen molar-refractivity contribution in [2.24, 2.45) is 5.41 Å². The Morgan fingerprint density at radius 1 is 1.29 bits per heavy atom. The Morgan fingerprint density at radius 3 is 2.43 bits per heavy atom. The highest BCUT2D eigenvalue weighted by Gasteiger charge is 2.33. The molecule has 1 amide bonds. The van der Waals surface area contributed by atoms with Crippen LogP contribution < -0.4 is 5.32 Å². The van der Waals surface area contributed by atoms with Crippen molar-refractivity contribution in [1.82, 2.24) is 5.32 Å². The van der Waals surface area contributed by atoms with Gasteiger partial charge in [-0.1, -0.05) is 45.7 Å². The molecule has 0 saturated heterocycles. The summed E-state index contributed by atoms with van der Waals surface area (Å²) in [6, 6.07) is 3.46. The van der Waals surface area contributed by atoms with Crippen molar-refractivity contribution < 1.29 is 18.0 Å². The zero-order chi connectivity index (χ0) is 16.3. The number of nitrogens with one attached hydrogen (secondary N) is 1. The van der Waals surface area contributed by atoms with Gasteiger partial charge in [-0.15, -0.1) is 0 Å². The summed E-state index contributed by atoms with van der Waals surface area (Å²) in [4.78, 5) is 12.0. The van der Waals surface area contributed by atoms with Gasteiger partial charge in [-0.25, -0.2) is 0 Å². The standard InChI is InChI=1S/C14H16Br2F3NO/c1-13(2,5-6-15)8-20-12(21)9-3-4-11(16)10(7-9)14(17,18)19/h3-4,7H,5-6,8H2,1-2H3,(H,20,21). The molecule has 1 N–H and O–H groups in total. The van der Waals surface area contributed by atoms with E-state index in [4.69, 9.17) is 0 Å². The SMILES string of the molecule is CC(C)(CCBr)CNC(=O)c1ccc(Br)c(C(F)(F)F)c1. The van der Waals surface area contributed by atoms with Gasteiger partial charge in [0.2, 0.25) is 0 Å². The summed E-state index contributed by atoms with van der Waals surface area (Å²) in [5.74, 6) is -0.504. The van der Waals surface area contributed by atoms with Crippen LogP contribution in [0.1, 0.15) is 36.2 Å². The molecule has 0 aliphatic carbocycles. The zero-order valence-electron chi connectivity index (χ0n) is 11.7. The Kier molecular flexibility index (Phi) is 6.28. The summed E-state index contributed by atoms with van der Waals surface area (Å²) in [6.45, 7) is 4.36. The van der Waals surface area contributed by atoms with E-state index in [0.717, 1.165) is 17.8 Å². The fourth-order valence-electron chi connectivity index (χ4n) is 1.65. The van der Waals surface area contributed by atoms with Crippen LogP contribution in [-0.2, 0) is 6.18 Å². The molecule has 118 valence electrons. The third-order valence-electron chi connectivity index (χ3n) is 3.03. The van der Waals surface area contributed by atoms with Crippen LogP contribution in [-0.4, -0.2) is 17.8 Å². The van der Waals surface area contributed by atoms with Crippen molar-refractivity contribution in [1.29, 1.82) is 0 Å². The molecule has 1 aromatic rings. The number of hydrogen-bond acceptors (Lipinski definition) is 1. The minimum atomic E-state index is -4.50. The van der Waals surface area contributed by atoms with Crippen molar-refractivity contribution in [3.05, 3.63) is 33.8 Å². The molecule has 0 heterocycles. The first-order valence-corrected chi connectivity index (χ1v) is 8.19. The summed E-state index contributed by atoms with van der Waals surface area (Å²) in [5.41, 5.74) is -0.975. The Hall–Kier alpha value is -0.560.